The topological polar surface area (TPSA) is 196 Å². The second kappa shape index (κ2) is 13.5. The molecule has 1 aliphatic rings. The molecule has 242 valence electrons. The first kappa shape index (κ1) is 30.9. The van der Waals surface area contributed by atoms with Crippen molar-refractivity contribution in [2.45, 2.75) is 32.9 Å². The van der Waals surface area contributed by atoms with Gasteiger partial charge in [-0.25, -0.2) is 9.59 Å². The molecule has 1 saturated heterocycles. The third-order valence-corrected chi connectivity index (χ3v) is 7.70. The molecule has 16 heteroatoms. The molecule has 3 heterocycles. The number of carbonyl (C=O) groups excluding carboxylic acids is 1. The van der Waals surface area contributed by atoms with Gasteiger partial charge in [-0.3, -0.25) is 4.57 Å². The van der Waals surface area contributed by atoms with Crippen molar-refractivity contribution in [2.75, 3.05) is 19.9 Å². The number of carboxylic acid groups (broad SMARTS) is 1. The lowest BCUT2D eigenvalue weighted by Crippen LogP contribution is -2.40. The Morgan fingerprint density at radius 2 is 1.89 bits per heavy atom. The van der Waals surface area contributed by atoms with Gasteiger partial charge in [-0.15, -0.1) is 15.2 Å². The molecule has 2 unspecified atom stereocenters. The highest BCUT2D eigenvalue weighted by Crippen LogP contribution is 2.31. The maximum Gasteiger partial charge on any atom is 0.343 e. The quantitative estimate of drug-likeness (QED) is 0.0496. The molecule has 0 aliphatic carbocycles. The average Bonchev–Trinajstić information content (AvgIpc) is 3.83. The summed E-state index contributed by atoms with van der Waals surface area (Å²) in [7, 11) is 0. The van der Waals surface area contributed by atoms with Crippen LogP contribution < -0.4 is 4.74 Å². The number of ether oxygens (including phenoxy) is 2. The molecular weight excluding hydrogens is 610 g/mol. The van der Waals surface area contributed by atoms with E-state index in [0.29, 0.717) is 42.4 Å². The molecule has 47 heavy (non-hydrogen) atoms. The molecule has 0 radical (unpaired) electrons. The predicted molar refractivity (Wildman–Crippen MR) is 164 cm³/mol. The second-order valence-corrected chi connectivity index (χ2v) is 10.9. The number of aromatic nitrogens is 6. The van der Waals surface area contributed by atoms with E-state index in [9.17, 15) is 19.9 Å². The van der Waals surface area contributed by atoms with Crippen molar-refractivity contribution in [2.24, 2.45) is 11.2 Å². The van der Waals surface area contributed by atoms with E-state index in [1.165, 1.54) is 0 Å². The van der Waals surface area contributed by atoms with Gasteiger partial charge in [0.1, 0.15) is 0 Å². The molecule has 1 aliphatic heterocycles. The smallest absolute Gasteiger partial charge is 0.343 e. The van der Waals surface area contributed by atoms with E-state index in [1.807, 2.05) is 62.4 Å². The number of H-pyrrole nitrogens is 1. The van der Waals surface area contributed by atoms with Gasteiger partial charge in [0.05, 0.1) is 41.3 Å². The minimum absolute atomic E-state index is 0.00934. The molecule has 2 N–H and O–H groups in total. The third kappa shape index (κ3) is 6.51. The van der Waals surface area contributed by atoms with Crippen molar-refractivity contribution in [3.8, 4) is 28.5 Å². The number of nitrogens with one attached hydrogen (secondary N) is 1. The average molecular weight is 642 g/mol. The number of aromatic amines is 1. The van der Waals surface area contributed by atoms with Gasteiger partial charge in [-0.1, -0.05) is 61.5 Å². The number of imidazole rings is 1. The van der Waals surface area contributed by atoms with Crippen LogP contribution in [0.15, 0.2) is 72.0 Å². The van der Waals surface area contributed by atoms with Gasteiger partial charge in [0, 0.05) is 5.56 Å². The van der Waals surface area contributed by atoms with E-state index in [-0.39, 0.29) is 23.0 Å². The van der Waals surface area contributed by atoms with E-state index in [0.717, 1.165) is 27.3 Å². The summed E-state index contributed by atoms with van der Waals surface area (Å²) in [5.74, 6) is -1.38. The van der Waals surface area contributed by atoms with Crippen molar-refractivity contribution in [1.29, 1.82) is 0 Å². The number of fused-ring (bicyclic) bond motifs is 1. The van der Waals surface area contributed by atoms with Crippen molar-refractivity contribution in [1.82, 2.24) is 35.2 Å². The van der Waals surface area contributed by atoms with Gasteiger partial charge in [0.2, 0.25) is 11.1 Å². The van der Waals surface area contributed by atoms with E-state index in [1.54, 1.807) is 22.8 Å². The Hall–Kier alpha value is -6.06. The van der Waals surface area contributed by atoms with Gasteiger partial charge in [0.15, 0.2) is 6.04 Å². The minimum Gasteiger partial charge on any atom is -0.569 e. The molecule has 2 atom stereocenters. The molecule has 5 aromatic rings. The van der Waals surface area contributed by atoms with Gasteiger partial charge >= 0.3 is 11.9 Å². The highest BCUT2D eigenvalue weighted by Gasteiger charge is 2.40. The zero-order valence-corrected chi connectivity index (χ0v) is 25.5. The van der Waals surface area contributed by atoms with E-state index in [4.69, 9.17) is 14.3 Å². The number of carbonyl (C=O) groups is 2. The predicted octanol–water partition coefficient (Wildman–Crippen LogP) is 4.05. The highest BCUT2D eigenvalue weighted by atomic mass is 16.8. The largest absolute Gasteiger partial charge is 0.569 e. The minimum atomic E-state index is -1.13. The van der Waals surface area contributed by atoms with E-state index in [2.05, 4.69) is 30.9 Å². The summed E-state index contributed by atoms with van der Waals surface area (Å²) in [6, 6.07) is 20.1. The molecule has 1 fully saturated rings. The Labute approximate surface area is 267 Å². The first-order valence-corrected chi connectivity index (χ1v) is 14.8. The SMILES string of the molecule is CCOc1nc2cccc(C(=O)OCO/N=[N+](/[O-])N3CC(C)CC3C(=O)O)c2n1Cc1ccc(-c2ccccc2-c2nn[nH]n2)cc1. The van der Waals surface area contributed by atoms with Crippen LogP contribution in [0.5, 0.6) is 6.01 Å². The summed E-state index contributed by atoms with van der Waals surface area (Å²) in [5.41, 5.74) is 4.87. The van der Waals surface area contributed by atoms with Crippen LogP contribution in [0.1, 0.15) is 36.2 Å². The Morgan fingerprint density at radius 3 is 2.62 bits per heavy atom. The lowest BCUT2D eigenvalue weighted by Gasteiger charge is -2.16. The van der Waals surface area contributed by atoms with Gasteiger partial charge < -0.3 is 24.6 Å². The summed E-state index contributed by atoms with van der Waals surface area (Å²) in [4.78, 5) is 34.3. The number of hydrogen-bond acceptors (Lipinski definition) is 11. The fraction of sp³-hybridized carbons (Fsp3) is 0.290. The number of para-hydroxylation sites is 1. The highest BCUT2D eigenvalue weighted by molar-refractivity contribution is 6.02. The maximum absolute atomic E-state index is 13.2. The molecule has 0 bridgehead atoms. The van der Waals surface area contributed by atoms with Crippen LogP contribution in [0.4, 0.5) is 0 Å². The Kier molecular flexibility index (Phi) is 8.90. The lowest BCUT2D eigenvalue weighted by molar-refractivity contribution is -0.713. The zero-order chi connectivity index (χ0) is 32.9. The van der Waals surface area contributed by atoms with Crippen LogP contribution in [-0.4, -0.2) is 83.2 Å². The Bertz CT molecular complexity index is 1910. The summed E-state index contributed by atoms with van der Waals surface area (Å²) < 4.78 is 12.9. The van der Waals surface area contributed by atoms with E-state index >= 15 is 0 Å². The molecule has 0 spiro atoms. The normalized spacial score (nSPS) is 16.4. The number of esters is 1. The van der Waals surface area contributed by atoms with Crippen LogP contribution in [0, 0.1) is 11.1 Å². The van der Waals surface area contributed by atoms with Crippen molar-refractivity contribution in [3.63, 3.8) is 0 Å². The summed E-state index contributed by atoms with van der Waals surface area (Å²) >= 11 is 0. The molecule has 2 aromatic heterocycles. The summed E-state index contributed by atoms with van der Waals surface area (Å²) in [6.07, 6.45) is 0.305. The van der Waals surface area contributed by atoms with Gasteiger partial charge in [-0.2, -0.15) is 10.2 Å². The van der Waals surface area contributed by atoms with Crippen LogP contribution in [0.2, 0.25) is 0 Å². The fourth-order valence-electron chi connectivity index (χ4n) is 5.61. The van der Waals surface area contributed by atoms with Crippen LogP contribution in [0.3, 0.4) is 0 Å². The third-order valence-electron chi connectivity index (χ3n) is 7.70. The monoisotopic (exact) mass is 641 g/mol. The van der Waals surface area contributed by atoms with Crippen LogP contribution >= 0.6 is 0 Å². The van der Waals surface area contributed by atoms with Crippen LogP contribution in [-0.2, 0) is 20.9 Å². The molecule has 0 amide bonds. The van der Waals surface area contributed by atoms with E-state index < -0.39 is 24.8 Å². The first-order valence-electron chi connectivity index (χ1n) is 14.8. The number of aliphatic carboxylic acids is 1. The van der Waals surface area contributed by atoms with Crippen molar-refractivity contribution in [3.05, 3.63) is 83.1 Å². The molecule has 6 rings (SSSR count). The number of hydrazine groups is 1. The fourth-order valence-corrected chi connectivity index (χ4v) is 5.61. The standard InChI is InChI=1S/C31H31N9O7/c1-3-45-31-32-25-10-6-9-24(30(43)46-18-47-37-40(44)39-16-19(2)15-26(39)29(41)42)27(25)38(31)17-20-11-13-21(14-12-20)22-7-4-5-8-23(22)28-33-35-36-34-28/h4-14,19,26H,3,15-18H2,1-2H3,(H,41,42)(H,33,34,35,36)/b40-37+. The number of nitrogens with zero attached hydrogens (tertiary/aromatic N) is 8. The molecular formula is C31H31N9O7. The molecule has 16 nitrogen and oxygen atoms in total. The second-order valence-electron chi connectivity index (χ2n) is 10.9. The number of carboxylic acids is 1. The Balaban J connectivity index is 1.20. The summed E-state index contributed by atoms with van der Waals surface area (Å²) in [6.45, 7) is 3.90. The number of benzene rings is 3. The zero-order valence-electron chi connectivity index (χ0n) is 25.5. The van der Waals surface area contributed by atoms with Gasteiger partial charge in [0.25, 0.3) is 12.8 Å². The first-order chi connectivity index (χ1) is 22.8. The molecule has 3 aromatic carbocycles. The van der Waals surface area contributed by atoms with Crippen LogP contribution in [0.25, 0.3) is 33.5 Å². The maximum atomic E-state index is 13.2. The Morgan fingerprint density at radius 1 is 1.11 bits per heavy atom. The van der Waals surface area contributed by atoms with Crippen molar-refractivity contribution >= 4 is 23.0 Å². The number of rotatable bonds is 12. The summed E-state index contributed by atoms with van der Waals surface area (Å²) in [5, 5.41) is 40.5. The molecule has 0 saturated carbocycles. The number of hydrogen-bond donors (Lipinski definition) is 2. The number of tetrazole rings is 1. The lowest BCUT2D eigenvalue weighted by atomic mass is 9.98. The van der Waals surface area contributed by atoms with Gasteiger partial charge in [-0.05, 0) is 53.3 Å². The van der Waals surface area contributed by atoms with Crippen molar-refractivity contribution < 1.29 is 34.0 Å².